The molecule has 3 atom stereocenters. The third-order valence-corrected chi connectivity index (χ3v) is 4.14. The third-order valence-electron chi connectivity index (χ3n) is 4.14. The molecule has 2 bridgehead atoms. The van der Waals surface area contributed by atoms with E-state index in [4.69, 9.17) is 15.2 Å². The molecule has 0 unspecified atom stereocenters. The summed E-state index contributed by atoms with van der Waals surface area (Å²) < 4.78 is 11.6. The zero-order valence-electron chi connectivity index (χ0n) is 12.9. The van der Waals surface area contributed by atoms with E-state index in [9.17, 15) is 4.79 Å². The summed E-state index contributed by atoms with van der Waals surface area (Å²) in [5, 5.41) is 0. The Morgan fingerprint density at radius 1 is 1.32 bits per heavy atom. The van der Waals surface area contributed by atoms with Crippen LogP contribution in [0.4, 0.5) is 0 Å². The Kier molecular flexibility index (Phi) is 4.73. The Bertz CT molecular complexity index is 511. The molecule has 6 heteroatoms. The Hall–Kier alpha value is -1.47. The van der Waals surface area contributed by atoms with E-state index in [1.54, 1.807) is 11.9 Å². The van der Waals surface area contributed by atoms with Gasteiger partial charge in [0.15, 0.2) is 12.4 Å². The molecular formula is C16H23N3O3. The van der Waals surface area contributed by atoms with E-state index >= 15 is 0 Å². The quantitative estimate of drug-likeness (QED) is 0.831. The molecule has 2 heterocycles. The Balaban J connectivity index is 1.61. The smallest absolute Gasteiger partial charge is 0.254 e. The van der Waals surface area contributed by atoms with Gasteiger partial charge in [0.1, 0.15) is 6.10 Å². The van der Waals surface area contributed by atoms with E-state index in [2.05, 4.69) is 17.0 Å². The molecule has 0 aromatic heterocycles. The second-order valence-corrected chi connectivity index (χ2v) is 5.89. The molecule has 3 rings (SSSR count). The normalized spacial score (nSPS) is 27.8. The zero-order chi connectivity index (χ0) is 15.5. The topological polar surface area (TPSA) is 68.0 Å². The fraction of sp³-hybridized carbons (Fsp3) is 0.562. The number of morpholine rings is 1. The van der Waals surface area contributed by atoms with Gasteiger partial charge in [0.2, 0.25) is 0 Å². The van der Waals surface area contributed by atoms with Crippen molar-refractivity contribution in [3.05, 3.63) is 35.9 Å². The number of nitrogens with zero attached hydrogens (tertiary/aromatic N) is 2. The molecule has 1 amide bonds. The maximum atomic E-state index is 12.4. The molecule has 2 saturated heterocycles. The van der Waals surface area contributed by atoms with Crippen LogP contribution in [0.3, 0.4) is 0 Å². The molecule has 22 heavy (non-hydrogen) atoms. The van der Waals surface area contributed by atoms with Crippen LogP contribution in [-0.2, 0) is 20.8 Å². The highest BCUT2D eigenvalue weighted by Gasteiger charge is 2.46. The molecule has 1 aromatic rings. The van der Waals surface area contributed by atoms with Gasteiger partial charge in [-0.15, -0.1) is 0 Å². The van der Waals surface area contributed by atoms with E-state index in [0.29, 0.717) is 26.2 Å². The van der Waals surface area contributed by atoms with Crippen LogP contribution in [0.5, 0.6) is 0 Å². The molecule has 0 aliphatic carbocycles. The van der Waals surface area contributed by atoms with Crippen LogP contribution < -0.4 is 5.73 Å². The summed E-state index contributed by atoms with van der Waals surface area (Å²) in [4.78, 5) is 16.3. The summed E-state index contributed by atoms with van der Waals surface area (Å²) in [5.41, 5.74) is 6.76. The van der Waals surface area contributed by atoms with Crippen LogP contribution in [0, 0.1) is 0 Å². The molecule has 6 nitrogen and oxygen atoms in total. The van der Waals surface area contributed by atoms with Crippen LogP contribution >= 0.6 is 0 Å². The van der Waals surface area contributed by atoms with Crippen molar-refractivity contribution in [3.63, 3.8) is 0 Å². The number of benzene rings is 1. The fourth-order valence-electron chi connectivity index (χ4n) is 3.02. The van der Waals surface area contributed by atoms with Gasteiger partial charge in [-0.25, -0.2) is 0 Å². The van der Waals surface area contributed by atoms with Crippen molar-refractivity contribution in [2.24, 2.45) is 5.73 Å². The van der Waals surface area contributed by atoms with Crippen molar-refractivity contribution in [2.75, 3.05) is 33.2 Å². The number of hydrogen-bond acceptors (Lipinski definition) is 5. The highest BCUT2D eigenvalue weighted by Crippen LogP contribution is 2.27. The van der Waals surface area contributed by atoms with Crippen LogP contribution in [0.2, 0.25) is 0 Å². The van der Waals surface area contributed by atoms with E-state index in [0.717, 1.165) is 6.54 Å². The number of nitrogens with two attached hydrogens (primary N) is 1. The Morgan fingerprint density at radius 2 is 2.09 bits per heavy atom. The number of hydrogen-bond donors (Lipinski definition) is 1. The van der Waals surface area contributed by atoms with Gasteiger partial charge in [-0.05, 0) is 5.56 Å². The van der Waals surface area contributed by atoms with Crippen molar-refractivity contribution in [2.45, 2.75) is 25.0 Å². The van der Waals surface area contributed by atoms with E-state index in [1.807, 2.05) is 18.2 Å². The molecule has 2 aliphatic heterocycles. The van der Waals surface area contributed by atoms with Gasteiger partial charge in [-0.1, -0.05) is 30.3 Å². The van der Waals surface area contributed by atoms with Crippen LogP contribution in [0.15, 0.2) is 30.3 Å². The van der Waals surface area contributed by atoms with E-state index < -0.39 is 6.10 Å². The number of carbonyl (C=O) groups excluding carboxylic acids is 1. The summed E-state index contributed by atoms with van der Waals surface area (Å²) in [7, 11) is 1.75. The van der Waals surface area contributed by atoms with Crippen LogP contribution in [0.1, 0.15) is 5.56 Å². The van der Waals surface area contributed by atoms with E-state index in [1.165, 1.54) is 5.56 Å². The average molecular weight is 305 g/mol. The largest absolute Gasteiger partial charge is 0.343 e. The minimum atomic E-state index is -0.512. The van der Waals surface area contributed by atoms with Crippen LogP contribution in [0.25, 0.3) is 0 Å². The molecule has 1 aromatic carbocycles. The number of carbonyl (C=O) groups is 1. The van der Waals surface area contributed by atoms with Gasteiger partial charge in [0.25, 0.3) is 5.91 Å². The predicted molar refractivity (Wildman–Crippen MR) is 81.9 cm³/mol. The van der Waals surface area contributed by atoms with Gasteiger partial charge in [-0.3, -0.25) is 9.69 Å². The van der Waals surface area contributed by atoms with Crippen molar-refractivity contribution >= 4 is 5.91 Å². The van der Waals surface area contributed by atoms with Crippen molar-refractivity contribution in [1.82, 2.24) is 9.80 Å². The Morgan fingerprint density at radius 3 is 2.82 bits per heavy atom. The molecule has 0 radical (unpaired) electrons. The minimum Gasteiger partial charge on any atom is -0.343 e. The first-order valence-corrected chi connectivity index (χ1v) is 7.69. The summed E-state index contributed by atoms with van der Waals surface area (Å²) in [5.74, 6) is -0.0421. The first kappa shape index (κ1) is 15.4. The lowest BCUT2D eigenvalue weighted by atomic mass is 10.1. The Labute approximate surface area is 130 Å². The maximum Gasteiger partial charge on any atom is 0.254 e. The maximum absolute atomic E-state index is 12.4. The lowest BCUT2D eigenvalue weighted by Crippen LogP contribution is -2.48. The number of ether oxygens (including phenoxy) is 2. The van der Waals surface area contributed by atoms with E-state index in [-0.39, 0.29) is 18.3 Å². The highest BCUT2D eigenvalue weighted by molar-refractivity contribution is 5.81. The first-order valence-electron chi connectivity index (χ1n) is 7.69. The molecule has 2 aliphatic rings. The van der Waals surface area contributed by atoms with Gasteiger partial charge in [0.05, 0.1) is 6.54 Å². The number of fused-ring (bicyclic) bond motifs is 2. The van der Waals surface area contributed by atoms with Crippen molar-refractivity contribution < 1.29 is 14.3 Å². The number of amides is 1. The van der Waals surface area contributed by atoms with Gasteiger partial charge < -0.3 is 20.1 Å². The number of likely N-dealkylation sites (N-methyl/N-ethyl adjacent to an activating group) is 1. The second-order valence-electron chi connectivity index (χ2n) is 5.89. The van der Waals surface area contributed by atoms with Crippen molar-refractivity contribution in [3.8, 4) is 0 Å². The summed E-state index contributed by atoms with van der Waals surface area (Å²) in [6.07, 6.45) is -1.03. The van der Waals surface area contributed by atoms with Crippen molar-refractivity contribution in [1.29, 1.82) is 0 Å². The van der Waals surface area contributed by atoms with Crippen LogP contribution in [-0.4, -0.2) is 67.4 Å². The molecule has 0 spiro atoms. The molecular weight excluding hydrogens is 282 g/mol. The standard InChI is InChI=1S/C16H23N3O3/c1-18(8-7-17)16(20)15-13-10-19(11-14(21-13)22-15)9-12-5-3-2-4-6-12/h2-6,13-15H,7-11,17H2,1H3/t13-,14-,15+/m0/s1. The molecule has 0 saturated carbocycles. The fourth-order valence-corrected chi connectivity index (χ4v) is 3.02. The van der Waals surface area contributed by atoms with Gasteiger partial charge in [-0.2, -0.15) is 0 Å². The monoisotopic (exact) mass is 305 g/mol. The molecule has 120 valence electrons. The molecule has 2 N–H and O–H groups in total. The lowest BCUT2D eigenvalue weighted by Gasteiger charge is -2.31. The second kappa shape index (κ2) is 6.75. The first-order chi connectivity index (χ1) is 10.7. The third kappa shape index (κ3) is 3.30. The highest BCUT2D eigenvalue weighted by atomic mass is 16.7. The SMILES string of the molecule is CN(CCN)C(=O)[C@@H]1O[C@H]2CN(Cc3ccccc3)C[C@@H]1O2. The minimum absolute atomic E-state index is 0.0421. The van der Waals surface area contributed by atoms with Gasteiger partial charge >= 0.3 is 0 Å². The molecule has 2 fully saturated rings. The van der Waals surface area contributed by atoms with Gasteiger partial charge in [0, 0.05) is 33.2 Å². The lowest BCUT2D eigenvalue weighted by molar-refractivity contribution is -0.143. The number of rotatable bonds is 5. The summed E-state index contributed by atoms with van der Waals surface area (Å²) >= 11 is 0. The zero-order valence-corrected chi connectivity index (χ0v) is 12.9. The predicted octanol–water partition coefficient (Wildman–Crippen LogP) is 0.0294. The summed E-state index contributed by atoms with van der Waals surface area (Å²) in [6, 6.07) is 10.3. The average Bonchev–Trinajstić information content (AvgIpc) is 2.82. The summed E-state index contributed by atoms with van der Waals surface area (Å²) in [6.45, 7) is 3.22.